The standard InChI is InChI=1S/C8H19N.C4H6O3/c1-6(2)8(5-9)7(3)4;1-3(5)7-4(2)6/h6-8H,5,9H2,1-4H3;1-2H3. The van der Waals surface area contributed by atoms with E-state index in [2.05, 4.69) is 32.4 Å². The maximum atomic E-state index is 9.81. The summed E-state index contributed by atoms with van der Waals surface area (Å²) in [7, 11) is 0. The summed E-state index contributed by atoms with van der Waals surface area (Å²) in [5.41, 5.74) is 5.57. The van der Waals surface area contributed by atoms with E-state index in [1.165, 1.54) is 13.8 Å². The Kier molecular flexibility index (Phi) is 10.2. The van der Waals surface area contributed by atoms with Crippen molar-refractivity contribution in [3.63, 3.8) is 0 Å². The molecule has 0 radical (unpaired) electrons. The summed E-state index contributed by atoms with van der Waals surface area (Å²) in [5, 5.41) is 0. The van der Waals surface area contributed by atoms with Gasteiger partial charge in [0.25, 0.3) is 0 Å². The molecular weight excluding hydrogens is 206 g/mol. The molecule has 0 atom stereocenters. The molecule has 0 aliphatic rings. The molecule has 0 saturated carbocycles. The number of carbonyl (C=O) groups is 2. The third kappa shape index (κ3) is 11.2. The summed E-state index contributed by atoms with van der Waals surface area (Å²) >= 11 is 0. The van der Waals surface area contributed by atoms with Gasteiger partial charge in [0.2, 0.25) is 0 Å². The van der Waals surface area contributed by atoms with E-state index in [4.69, 9.17) is 5.73 Å². The van der Waals surface area contributed by atoms with Crippen LogP contribution in [0.5, 0.6) is 0 Å². The number of nitrogens with two attached hydrogens (primary N) is 1. The third-order valence-electron chi connectivity index (χ3n) is 2.27. The highest BCUT2D eigenvalue weighted by Gasteiger charge is 2.14. The molecule has 96 valence electrons. The second-order valence-corrected chi connectivity index (χ2v) is 4.47. The van der Waals surface area contributed by atoms with Crippen LogP contribution in [0.15, 0.2) is 0 Å². The summed E-state index contributed by atoms with van der Waals surface area (Å²) < 4.78 is 3.97. The fourth-order valence-electron chi connectivity index (χ4n) is 1.52. The maximum Gasteiger partial charge on any atom is 0.310 e. The van der Waals surface area contributed by atoms with Crippen LogP contribution < -0.4 is 5.73 Å². The average Bonchev–Trinajstić information content (AvgIpc) is 2.01. The molecule has 0 fully saturated rings. The minimum absolute atomic E-state index is 0.562. The first kappa shape index (κ1) is 17.5. The van der Waals surface area contributed by atoms with Crippen molar-refractivity contribution in [2.75, 3.05) is 6.54 Å². The zero-order valence-corrected chi connectivity index (χ0v) is 11.2. The van der Waals surface area contributed by atoms with Gasteiger partial charge < -0.3 is 10.5 Å². The Morgan fingerprint density at radius 3 is 1.31 bits per heavy atom. The molecule has 0 aliphatic carbocycles. The molecular formula is C12H25NO3. The highest BCUT2D eigenvalue weighted by Crippen LogP contribution is 2.18. The summed E-state index contributed by atoms with van der Waals surface area (Å²) in [6, 6.07) is 0. The smallest absolute Gasteiger partial charge is 0.310 e. The van der Waals surface area contributed by atoms with Crippen molar-refractivity contribution < 1.29 is 14.3 Å². The predicted octanol–water partition coefficient (Wildman–Crippen LogP) is 1.97. The Morgan fingerprint density at radius 1 is 1.00 bits per heavy atom. The topological polar surface area (TPSA) is 69.4 Å². The van der Waals surface area contributed by atoms with E-state index in [0.29, 0.717) is 5.92 Å². The summed E-state index contributed by atoms with van der Waals surface area (Å²) in [6.07, 6.45) is 0. The van der Waals surface area contributed by atoms with E-state index in [0.717, 1.165) is 18.4 Å². The van der Waals surface area contributed by atoms with E-state index in [1.807, 2.05) is 0 Å². The van der Waals surface area contributed by atoms with Crippen molar-refractivity contribution in [3.8, 4) is 0 Å². The van der Waals surface area contributed by atoms with Gasteiger partial charge in [-0.05, 0) is 24.3 Å². The van der Waals surface area contributed by atoms with Gasteiger partial charge in [-0.3, -0.25) is 9.59 Å². The predicted molar refractivity (Wildman–Crippen MR) is 64.7 cm³/mol. The largest absolute Gasteiger partial charge is 0.394 e. The monoisotopic (exact) mass is 231 g/mol. The van der Waals surface area contributed by atoms with Crippen LogP contribution in [0.1, 0.15) is 41.5 Å². The van der Waals surface area contributed by atoms with Crippen LogP contribution in [-0.4, -0.2) is 18.5 Å². The van der Waals surface area contributed by atoms with Gasteiger partial charge in [-0.1, -0.05) is 27.7 Å². The number of carbonyl (C=O) groups excluding carboxylic acids is 2. The minimum Gasteiger partial charge on any atom is -0.394 e. The molecule has 0 amide bonds. The van der Waals surface area contributed by atoms with E-state index < -0.39 is 11.9 Å². The Bertz CT molecular complexity index is 192. The van der Waals surface area contributed by atoms with Crippen molar-refractivity contribution in [1.82, 2.24) is 0 Å². The fourth-order valence-corrected chi connectivity index (χ4v) is 1.52. The first-order valence-corrected chi connectivity index (χ1v) is 5.61. The molecule has 0 heterocycles. The Morgan fingerprint density at radius 2 is 1.31 bits per heavy atom. The van der Waals surface area contributed by atoms with E-state index in [9.17, 15) is 9.59 Å². The van der Waals surface area contributed by atoms with Gasteiger partial charge >= 0.3 is 11.9 Å². The van der Waals surface area contributed by atoms with Crippen molar-refractivity contribution in [2.45, 2.75) is 41.5 Å². The van der Waals surface area contributed by atoms with Crippen molar-refractivity contribution in [2.24, 2.45) is 23.5 Å². The lowest BCUT2D eigenvalue weighted by molar-refractivity contribution is -0.156. The first-order valence-electron chi connectivity index (χ1n) is 5.61. The number of ether oxygens (including phenoxy) is 1. The van der Waals surface area contributed by atoms with E-state index >= 15 is 0 Å². The van der Waals surface area contributed by atoms with Gasteiger partial charge in [0.05, 0.1) is 0 Å². The highest BCUT2D eigenvalue weighted by molar-refractivity contribution is 5.82. The highest BCUT2D eigenvalue weighted by atomic mass is 16.6. The van der Waals surface area contributed by atoms with Crippen molar-refractivity contribution in [3.05, 3.63) is 0 Å². The average molecular weight is 231 g/mol. The molecule has 0 saturated heterocycles. The normalized spacial score (nSPS) is 10.1. The number of rotatable bonds is 3. The number of hydrogen-bond acceptors (Lipinski definition) is 4. The maximum absolute atomic E-state index is 9.81. The van der Waals surface area contributed by atoms with Crippen LogP contribution in [0, 0.1) is 17.8 Å². The summed E-state index contributed by atoms with van der Waals surface area (Å²) in [5.74, 6) is 1.04. The molecule has 0 aromatic carbocycles. The Balaban J connectivity index is 0. The van der Waals surface area contributed by atoms with E-state index in [1.54, 1.807) is 0 Å². The molecule has 0 aromatic rings. The number of esters is 2. The Labute approximate surface area is 98.5 Å². The second kappa shape index (κ2) is 9.33. The van der Waals surface area contributed by atoms with Gasteiger partial charge in [-0.15, -0.1) is 0 Å². The van der Waals surface area contributed by atoms with Gasteiger partial charge in [0.1, 0.15) is 0 Å². The quantitative estimate of drug-likeness (QED) is 0.595. The zero-order chi connectivity index (χ0) is 13.3. The lowest BCUT2D eigenvalue weighted by atomic mass is 9.86. The molecule has 0 spiro atoms. The molecule has 16 heavy (non-hydrogen) atoms. The molecule has 0 bridgehead atoms. The first-order chi connectivity index (χ1) is 7.22. The van der Waals surface area contributed by atoms with Crippen LogP contribution in [0.4, 0.5) is 0 Å². The van der Waals surface area contributed by atoms with Crippen LogP contribution in [0.2, 0.25) is 0 Å². The van der Waals surface area contributed by atoms with Crippen molar-refractivity contribution >= 4 is 11.9 Å². The lowest BCUT2D eigenvalue weighted by Crippen LogP contribution is -2.24. The molecule has 4 heteroatoms. The minimum atomic E-state index is -0.562. The van der Waals surface area contributed by atoms with Gasteiger partial charge in [-0.25, -0.2) is 0 Å². The van der Waals surface area contributed by atoms with Crippen LogP contribution in [0.3, 0.4) is 0 Å². The van der Waals surface area contributed by atoms with Crippen LogP contribution >= 0.6 is 0 Å². The van der Waals surface area contributed by atoms with E-state index in [-0.39, 0.29) is 0 Å². The third-order valence-corrected chi connectivity index (χ3v) is 2.27. The molecule has 0 aliphatic heterocycles. The summed E-state index contributed by atoms with van der Waals surface area (Å²) in [6.45, 7) is 12.1. The zero-order valence-electron chi connectivity index (χ0n) is 11.2. The Hall–Kier alpha value is -0.900. The second-order valence-electron chi connectivity index (χ2n) is 4.47. The molecule has 2 N–H and O–H groups in total. The molecule has 0 aromatic heterocycles. The summed E-state index contributed by atoms with van der Waals surface area (Å²) in [4.78, 5) is 19.6. The van der Waals surface area contributed by atoms with Gasteiger partial charge in [0, 0.05) is 13.8 Å². The number of hydrogen-bond donors (Lipinski definition) is 1. The van der Waals surface area contributed by atoms with Crippen LogP contribution in [0.25, 0.3) is 0 Å². The molecule has 4 nitrogen and oxygen atoms in total. The molecule has 0 rings (SSSR count). The van der Waals surface area contributed by atoms with Crippen LogP contribution in [-0.2, 0) is 14.3 Å². The SMILES string of the molecule is CC(=O)OC(C)=O.CC(C)C(CN)C(C)C. The van der Waals surface area contributed by atoms with Gasteiger partial charge in [-0.2, -0.15) is 0 Å². The van der Waals surface area contributed by atoms with Gasteiger partial charge in [0.15, 0.2) is 0 Å². The van der Waals surface area contributed by atoms with Crippen molar-refractivity contribution in [1.29, 1.82) is 0 Å². The fraction of sp³-hybridized carbons (Fsp3) is 0.833. The molecule has 0 unspecified atom stereocenters. The lowest BCUT2D eigenvalue weighted by Gasteiger charge is -2.22.